The number of rotatable bonds is 5. The van der Waals surface area contributed by atoms with E-state index in [2.05, 4.69) is 49.5 Å². The fraction of sp³-hybridized carbons (Fsp3) is 0.750. The maximum atomic E-state index is 4.19. The summed E-state index contributed by atoms with van der Waals surface area (Å²) in [5.74, 6) is 0. The molecule has 0 aliphatic carbocycles. The fourth-order valence-corrected chi connectivity index (χ4v) is 1.39. The molecule has 0 bridgehead atoms. The van der Waals surface area contributed by atoms with Gasteiger partial charge >= 0.3 is 0 Å². The van der Waals surface area contributed by atoms with Crippen molar-refractivity contribution in [2.24, 2.45) is 0 Å². The first kappa shape index (κ1) is 12.2. The van der Waals surface area contributed by atoms with Crippen LogP contribution in [-0.4, -0.2) is 15.1 Å². The molecule has 0 aromatic carbocycles. The van der Waals surface area contributed by atoms with Crippen LogP contribution < -0.4 is 5.32 Å². The van der Waals surface area contributed by atoms with Crippen LogP contribution in [0.4, 0.5) is 0 Å². The number of hydrogen-bond acceptors (Lipinski definition) is 2. The Morgan fingerprint density at radius 3 is 2.67 bits per heavy atom. The largest absolute Gasteiger partial charge is 0.331 e. The maximum absolute atomic E-state index is 4.19. The summed E-state index contributed by atoms with van der Waals surface area (Å²) in [4.78, 5) is 4.19. The van der Waals surface area contributed by atoms with Crippen molar-refractivity contribution in [1.82, 2.24) is 14.9 Å². The van der Waals surface area contributed by atoms with Gasteiger partial charge in [0.15, 0.2) is 0 Å². The summed E-state index contributed by atoms with van der Waals surface area (Å²) in [5.41, 5.74) is 1.46. The summed E-state index contributed by atoms with van der Waals surface area (Å²) in [6.07, 6.45) is 4.97. The predicted octanol–water partition coefficient (Wildman–Crippen LogP) is 2.74. The molecule has 3 nitrogen and oxygen atoms in total. The molecule has 1 rings (SSSR count). The molecule has 3 heteroatoms. The molecule has 0 saturated heterocycles. The highest BCUT2D eigenvalue weighted by atomic mass is 15.1. The van der Waals surface area contributed by atoms with E-state index >= 15 is 0 Å². The Morgan fingerprint density at radius 2 is 2.13 bits per heavy atom. The van der Waals surface area contributed by atoms with Gasteiger partial charge in [-0.05, 0) is 34.1 Å². The van der Waals surface area contributed by atoms with Crippen LogP contribution in [0.25, 0.3) is 0 Å². The second-order valence-corrected chi connectivity index (χ2v) is 4.98. The standard InChI is InChI=1S/C12H23N3/c1-6-12(4,5)14-8-11-7-13-9-15(11)10(2)3/h7,9-10,14H,6,8H2,1-5H3. The minimum absolute atomic E-state index is 0.200. The van der Waals surface area contributed by atoms with Gasteiger partial charge in [0, 0.05) is 24.3 Å². The molecule has 0 spiro atoms. The summed E-state index contributed by atoms with van der Waals surface area (Å²) < 4.78 is 2.21. The van der Waals surface area contributed by atoms with Gasteiger partial charge in [0.2, 0.25) is 0 Å². The van der Waals surface area contributed by atoms with Crippen LogP contribution in [-0.2, 0) is 6.54 Å². The number of hydrogen-bond donors (Lipinski definition) is 1. The van der Waals surface area contributed by atoms with Crippen LogP contribution in [0, 0.1) is 0 Å². The van der Waals surface area contributed by atoms with Crippen molar-refractivity contribution in [1.29, 1.82) is 0 Å². The average Bonchev–Trinajstić information content (AvgIpc) is 2.63. The van der Waals surface area contributed by atoms with Crippen molar-refractivity contribution in [3.63, 3.8) is 0 Å². The van der Waals surface area contributed by atoms with Crippen LogP contribution in [0.3, 0.4) is 0 Å². The van der Waals surface area contributed by atoms with Gasteiger partial charge in [0.05, 0.1) is 12.0 Å². The lowest BCUT2D eigenvalue weighted by atomic mass is 10.0. The van der Waals surface area contributed by atoms with E-state index in [9.17, 15) is 0 Å². The predicted molar refractivity (Wildman–Crippen MR) is 63.8 cm³/mol. The molecule has 86 valence electrons. The third kappa shape index (κ3) is 3.34. The molecule has 0 saturated carbocycles. The van der Waals surface area contributed by atoms with Gasteiger partial charge in [-0.15, -0.1) is 0 Å². The van der Waals surface area contributed by atoms with E-state index in [1.807, 2.05) is 12.5 Å². The third-order valence-corrected chi connectivity index (χ3v) is 2.93. The number of aromatic nitrogens is 2. The van der Waals surface area contributed by atoms with Crippen molar-refractivity contribution >= 4 is 0 Å². The van der Waals surface area contributed by atoms with Gasteiger partial charge in [0.25, 0.3) is 0 Å². The van der Waals surface area contributed by atoms with Crippen LogP contribution in [0.15, 0.2) is 12.5 Å². The van der Waals surface area contributed by atoms with Crippen molar-refractivity contribution in [2.75, 3.05) is 0 Å². The summed E-state index contributed by atoms with van der Waals surface area (Å²) >= 11 is 0. The smallest absolute Gasteiger partial charge is 0.0951 e. The minimum atomic E-state index is 0.200. The highest BCUT2D eigenvalue weighted by molar-refractivity contribution is 5.00. The summed E-state index contributed by atoms with van der Waals surface area (Å²) in [5, 5.41) is 3.55. The van der Waals surface area contributed by atoms with Crippen LogP contribution in [0.2, 0.25) is 0 Å². The molecule has 0 amide bonds. The van der Waals surface area contributed by atoms with Gasteiger partial charge in [0.1, 0.15) is 0 Å². The molecule has 0 radical (unpaired) electrons. The second-order valence-electron chi connectivity index (χ2n) is 4.98. The molecule has 1 aromatic heterocycles. The van der Waals surface area contributed by atoms with Crippen molar-refractivity contribution in [3.05, 3.63) is 18.2 Å². The van der Waals surface area contributed by atoms with E-state index in [1.165, 1.54) is 5.69 Å². The zero-order valence-electron chi connectivity index (χ0n) is 10.5. The van der Waals surface area contributed by atoms with Crippen LogP contribution >= 0.6 is 0 Å². The normalized spacial score (nSPS) is 12.4. The lowest BCUT2D eigenvalue weighted by molar-refractivity contribution is 0.366. The SMILES string of the molecule is CCC(C)(C)NCc1cncn1C(C)C. The van der Waals surface area contributed by atoms with E-state index in [0.29, 0.717) is 6.04 Å². The first-order valence-electron chi connectivity index (χ1n) is 5.72. The fourth-order valence-electron chi connectivity index (χ4n) is 1.39. The Morgan fingerprint density at radius 1 is 1.47 bits per heavy atom. The first-order chi connectivity index (χ1) is 6.96. The topological polar surface area (TPSA) is 29.9 Å². The number of imidazole rings is 1. The van der Waals surface area contributed by atoms with Crippen molar-refractivity contribution in [2.45, 2.75) is 59.2 Å². The van der Waals surface area contributed by atoms with E-state index < -0.39 is 0 Å². The Hall–Kier alpha value is -0.830. The molecule has 0 fully saturated rings. The maximum Gasteiger partial charge on any atom is 0.0951 e. The molecular formula is C12H23N3. The second kappa shape index (κ2) is 4.79. The van der Waals surface area contributed by atoms with Crippen molar-refractivity contribution < 1.29 is 0 Å². The van der Waals surface area contributed by atoms with Gasteiger partial charge in [-0.25, -0.2) is 4.98 Å². The van der Waals surface area contributed by atoms with E-state index in [0.717, 1.165) is 13.0 Å². The highest BCUT2D eigenvalue weighted by Crippen LogP contribution is 2.12. The van der Waals surface area contributed by atoms with Crippen LogP contribution in [0.1, 0.15) is 52.8 Å². The van der Waals surface area contributed by atoms with Gasteiger partial charge in [-0.2, -0.15) is 0 Å². The minimum Gasteiger partial charge on any atom is -0.331 e. The molecule has 0 unspecified atom stereocenters. The lowest BCUT2D eigenvalue weighted by Gasteiger charge is -2.25. The average molecular weight is 209 g/mol. The van der Waals surface area contributed by atoms with Crippen LogP contribution in [0.5, 0.6) is 0 Å². The number of nitrogens with zero attached hydrogens (tertiary/aromatic N) is 2. The molecule has 15 heavy (non-hydrogen) atoms. The number of nitrogens with one attached hydrogen (secondary N) is 1. The molecule has 1 N–H and O–H groups in total. The van der Waals surface area contributed by atoms with E-state index in [4.69, 9.17) is 0 Å². The molecule has 0 aliphatic heterocycles. The molecule has 0 atom stereocenters. The third-order valence-electron chi connectivity index (χ3n) is 2.93. The Balaban J connectivity index is 2.61. The molecular weight excluding hydrogens is 186 g/mol. The van der Waals surface area contributed by atoms with Gasteiger partial charge in [-0.1, -0.05) is 6.92 Å². The quantitative estimate of drug-likeness (QED) is 0.808. The van der Waals surface area contributed by atoms with E-state index in [-0.39, 0.29) is 5.54 Å². The lowest BCUT2D eigenvalue weighted by Crippen LogP contribution is -2.38. The molecule has 1 heterocycles. The zero-order chi connectivity index (χ0) is 11.5. The summed E-state index contributed by atoms with van der Waals surface area (Å²) in [6.45, 7) is 11.9. The van der Waals surface area contributed by atoms with Gasteiger partial charge < -0.3 is 9.88 Å². The van der Waals surface area contributed by atoms with Gasteiger partial charge in [-0.3, -0.25) is 0 Å². The highest BCUT2D eigenvalue weighted by Gasteiger charge is 2.14. The summed E-state index contributed by atoms with van der Waals surface area (Å²) in [7, 11) is 0. The summed E-state index contributed by atoms with van der Waals surface area (Å²) in [6, 6.07) is 0.481. The monoisotopic (exact) mass is 209 g/mol. The first-order valence-corrected chi connectivity index (χ1v) is 5.72. The van der Waals surface area contributed by atoms with E-state index in [1.54, 1.807) is 0 Å². The Kier molecular flexibility index (Phi) is 3.91. The molecule has 1 aromatic rings. The van der Waals surface area contributed by atoms with Crippen molar-refractivity contribution in [3.8, 4) is 0 Å². The zero-order valence-corrected chi connectivity index (χ0v) is 10.5. The molecule has 0 aliphatic rings. The Labute approximate surface area is 92.9 Å². The Bertz CT molecular complexity index is 300.